The van der Waals surface area contributed by atoms with Gasteiger partial charge in [-0.15, -0.1) is 0 Å². The van der Waals surface area contributed by atoms with Crippen LogP contribution in [0.25, 0.3) is 21.6 Å². The standard InChI is InChI=1S/C26H24F4N6OS/c27-18-11-15(26(28,29)30)4-5-16(18)21-22-24(34-25(38-22)36-7-1-8-36)33-23(32-21)14-6-9-37-19(10-14)17-12-31-35-20(17)13-2-3-13/h4-5,11-14,19H,1-3,6-10H2,(H,31,35)/t14-,19+/m0/s1. The van der Waals surface area contributed by atoms with Crippen LogP contribution in [0.15, 0.2) is 24.4 Å². The van der Waals surface area contributed by atoms with Gasteiger partial charge in [0.1, 0.15) is 16.3 Å². The van der Waals surface area contributed by atoms with Gasteiger partial charge in [-0.1, -0.05) is 11.3 Å². The maximum atomic E-state index is 15.2. The number of fused-ring (bicyclic) bond motifs is 1. The summed E-state index contributed by atoms with van der Waals surface area (Å²) in [6.07, 6.45) is 1.66. The number of nitrogens with one attached hydrogen (secondary N) is 1. The highest BCUT2D eigenvalue weighted by Gasteiger charge is 2.35. The van der Waals surface area contributed by atoms with Crippen molar-refractivity contribution in [2.45, 2.75) is 56.2 Å². The molecule has 3 aromatic heterocycles. The zero-order valence-electron chi connectivity index (χ0n) is 20.3. The second-order valence-electron chi connectivity index (χ2n) is 10.2. The van der Waals surface area contributed by atoms with E-state index in [4.69, 9.17) is 19.7 Å². The Bertz CT molecular complexity index is 1510. The lowest BCUT2D eigenvalue weighted by atomic mass is 9.90. The Labute approximate surface area is 219 Å². The Kier molecular flexibility index (Phi) is 5.66. The van der Waals surface area contributed by atoms with Crippen LogP contribution in [0.1, 0.15) is 72.7 Å². The quantitative estimate of drug-likeness (QED) is 0.295. The van der Waals surface area contributed by atoms with Gasteiger partial charge in [0.25, 0.3) is 0 Å². The fourth-order valence-corrected chi connectivity index (χ4v) is 6.29. The van der Waals surface area contributed by atoms with E-state index in [2.05, 4.69) is 15.1 Å². The highest BCUT2D eigenvalue weighted by molar-refractivity contribution is 7.22. The largest absolute Gasteiger partial charge is 0.416 e. The molecule has 0 amide bonds. The molecule has 2 saturated heterocycles. The third kappa shape index (κ3) is 4.23. The summed E-state index contributed by atoms with van der Waals surface area (Å²) < 4.78 is 61.5. The van der Waals surface area contributed by atoms with Gasteiger partial charge in [-0.25, -0.2) is 14.4 Å². The van der Waals surface area contributed by atoms with Crippen LogP contribution in [0.2, 0.25) is 0 Å². The second kappa shape index (κ2) is 8.98. The monoisotopic (exact) mass is 544 g/mol. The van der Waals surface area contributed by atoms with E-state index in [0.29, 0.717) is 47.6 Å². The smallest absolute Gasteiger partial charge is 0.373 e. The number of alkyl halides is 3. The molecule has 3 aliphatic rings. The Hall–Kier alpha value is -3.12. The Morgan fingerprint density at radius 3 is 2.61 bits per heavy atom. The molecule has 198 valence electrons. The number of hydrogen-bond acceptors (Lipinski definition) is 7. The minimum atomic E-state index is -4.63. The van der Waals surface area contributed by atoms with Gasteiger partial charge in [0.05, 0.1) is 23.6 Å². The lowest BCUT2D eigenvalue weighted by Gasteiger charge is -2.30. The van der Waals surface area contributed by atoms with E-state index < -0.39 is 17.6 Å². The Morgan fingerprint density at radius 1 is 1.05 bits per heavy atom. The number of nitrogens with zero attached hydrogens (tertiary/aromatic N) is 5. The van der Waals surface area contributed by atoms with Crippen molar-refractivity contribution in [2.75, 3.05) is 24.6 Å². The number of halogens is 4. The molecule has 1 aromatic carbocycles. The maximum absolute atomic E-state index is 15.2. The molecule has 2 aliphatic heterocycles. The lowest BCUT2D eigenvalue weighted by molar-refractivity contribution is -0.137. The topological polar surface area (TPSA) is 79.8 Å². The van der Waals surface area contributed by atoms with Crippen LogP contribution in [-0.4, -0.2) is 44.8 Å². The first kappa shape index (κ1) is 24.0. The van der Waals surface area contributed by atoms with E-state index in [0.717, 1.165) is 60.9 Å². The molecule has 0 unspecified atom stereocenters. The normalized spacial score (nSPS) is 22.2. The molecule has 0 radical (unpaired) electrons. The number of rotatable bonds is 5. The van der Waals surface area contributed by atoms with E-state index in [1.54, 1.807) is 0 Å². The first-order valence-electron chi connectivity index (χ1n) is 12.8. The molecule has 38 heavy (non-hydrogen) atoms. The van der Waals surface area contributed by atoms with Gasteiger partial charge >= 0.3 is 6.18 Å². The van der Waals surface area contributed by atoms with Crippen molar-refractivity contribution < 1.29 is 22.3 Å². The summed E-state index contributed by atoms with van der Waals surface area (Å²) in [5.74, 6) is -0.0437. The van der Waals surface area contributed by atoms with Crippen LogP contribution < -0.4 is 4.90 Å². The molecule has 1 saturated carbocycles. The highest BCUT2D eigenvalue weighted by Crippen LogP contribution is 2.46. The fourth-order valence-electron chi connectivity index (χ4n) is 5.23. The number of ether oxygens (including phenoxy) is 1. The van der Waals surface area contributed by atoms with Crippen LogP contribution in [-0.2, 0) is 10.9 Å². The van der Waals surface area contributed by atoms with Gasteiger partial charge in [-0.3, -0.25) is 5.10 Å². The fraction of sp³-hybridized carbons (Fsp3) is 0.462. The third-order valence-electron chi connectivity index (χ3n) is 7.62. The SMILES string of the molecule is Fc1cc(C(F)(F)F)ccc1-c1nc([C@H]2CCO[C@@H](c3cn[nH]c3C3CC3)C2)nc2nc(N3CCC3)sc12. The van der Waals surface area contributed by atoms with Crippen LogP contribution in [0.3, 0.4) is 0 Å². The van der Waals surface area contributed by atoms with Gasteiger partial charge < -0.3 is 9.64 Å². The zero-order valence-corrected chi connectivity index (χ0v) is 21.1. The van der Waals surface area contributed by atoms with Gasteiger partial charge in [-0.05, 0) is 50.3 Å². The summed E-state index contributed by atoms with van der Waals surface area (Å²) in [6.45, 7) is 2.26. The highest BCUT2D eigenvalue weighted by atomic mass is 32.1. The maximum Gasteiger partial charge on any atom is 0.416 e. The van der Waals surface area contributed by atoms with E-state index >= 15 is 4.39 Å². The molecule has 1 N–H and O–H groups in total. The molecule has 7 rings (SSSR count). The van der Waals surface area contributed by atoms with Crippen molar-refractivity contribution in [3.8, 4) is 11.3 Å². The van der Waals surface area contributed by atoms with Gasteiger partial charge in [0.15, 0.2) is 10.8 Å². The first-order chi connectivity index (χ1) is 18.3. The predicted octanol–water partition coefficient (Wildman–Crippen LogP) is 6.36. The summed E-state index contributed by atoms with van der Waals surface area (Å²) in [7, 11) is 0. The molecule has 1 aliphatic carbocycles. The van der Waals surface area contributed by atoms with Crippen LogP contribution in [0, 0.1) is 5.82 Å². The van der Waals surface area contributed by atoms with Crippen LogP contribution in [0.4, 0.5) is 22.7 Å². The van der Waals surface area contributed by atoms with Crippen molar-refractivity contribution in [1.29, 1.82) is 0 Å². The lowest BCUT2D eigenvalue weighted by Crippen LogP contribution is -2.36. The zero-order chi connectivity index (χ0) is 26.0. The average Bonchev–Trinajstić information content (AvgIpc) is 3.43. The summed E-state index contributed by atoms with van der Waals surface area (Å²) in [5, 5.41) is 8.14. The molecule has 7 nitrogen and oxygen atoms in total. The first-order valence-corrected chi connectivity index (χ1v) is 13.6. The Balaban J connectivity index is 1.29. The molecule has 2 atom stereocenters. The summed E-state index contributed by atoms with van der Waals surface area (Å²) in [6, 6.07) is 2.59. The van der Waals surface area contributed by atoms with Crippen LogP contribution in [0.5, 0.6) is 0 Å². The molecule has 5 heterocycles. The van der Waals surface area contributed by atoms with Crippen molar-refractivity contribution in [3.63, 3.8) is 0 Å². The van der Waals surface area contributed by atoms with E-state index in [-0.39, 0.29) is 23.3 Å². The van der Waals surface area contributed by atoms with Crippen LogP contribution >= 0.6 is 11.3 Å². The second-order valence-corrected chi connectivity index (χ2v) is 11.2. The van der Waals surface area contributed by atoms with Gasteiger partial charge in [0.2, 0.25) is 0 Å². The van der Waals surface area contributed by atoms with E-state index in [1.165, 1.54) is 11.3 Å². The molecular formula is C26H24F4N6OS. The van der Waals surface area contributed by atoms with Crippen molar-refractivity contribution in [2.24, 2.45) is 0 Å². The van der Waals surface area contributed by atoms with Gasteiger partial charge in [-0.2, -0.15) is 23.3 Å². The summed E-state index contributed by atoms with van der Waals surface area (Å²) in [5.41, 5.74) is 1.89. The Morgan fingerprint density at radius 2 is 1.89 bits per heavy atom. The number of aromatic amines is 1. The van der Waals surface area contributed by atoms with E-state index in [1.807, 2.05) is 6.20 Å². The molecule has 3 fully saturated rings. The molecule has 4 aromatic rings. The number of hydrogen-bond donors (Lipinski definition) is 1. The third-order valence-corrected chi connectivity index (χ3v) is 8.73. The molecule has 0 spiro atoms. The van der Waals surface area contributed by atoms with E-state index in [9.17, 15) is 13.2 Å². The number of aromatic nitrogens is 5. The predicted molar refractivity (Wildman–Crippen MR) is 134 cm³/mol. The minimum Gasteiger partial charge on any atom is -0.373 e. The molecule has 0 bridgehead atoms. The molecule has 12 heteroatoms. The number of thiazole rings is 1. The number of anilines is 1. The number of benzene rings is 1. The van der Waals surface area contributed by atoms with Crippen molar-refractivity contribution >= 4 is 26.8 Å². The van der Waals surface area contributed by atoms with Crippen molar-refractivity contribution in [1.82, 2.24) is 25.1 Å². The molecular weight excluding hydrogens is 520 g/mol. The number of H-pyrrole nitrogens is 1. The average molecular weight is 545 g/mol. The minimum absolute atomic E-state index is 0.0138. The van der Waals surface area contributed by atoms with Crippen molar-refractivity contribution in [3.05, 3.63) is 52.9 Å². The van der Waals surface area contributed by atoms with Gasteiger partial charge in [0, 0.05) is 48.4 Å². The summed E-state index contributed by atoms with van der Waals surface area (Å²) in [4.78, 5) is 16.4. The summed E-state index contributed by atoms with van der Waals surface area (Å²) >= 11 is 1.35.